The van der Waals surface area contributed by atoms with Gasteiger partial charge < -0.3 is 14.1 Å². The van der Waals surface area contributed by atoms with Crippen molar-refractivity contribution in [3.05, 3.63) is 45.3 Å². The van der Waals surface area contributed by atoms with Crippen molar-refractivity contribution < 1.29 is 14.1 Å². The predicted octanol–water partition coefficient (Wildman–Crippen LogP) is 1.09. The minimum atomic E-state index is -0.231. The van der Waals surface area contributed by atoms with Gasteiger partial charge in [0.25, 0.3) is 0 Å². The van der Waals surface area contributed by atoms with Crippen LogP contribution < -0.4 is 10.5 Å². The summed E-state index contributed by atoms with van der Waals surface area (Å²) in [5.41, 5.74) is 4.45. The van der Waals surface area contributed by atoms with Gasteiger partial charge >= 0.3 is 5.63 Å². The summed E-state index contributed by atoms with van der Waals surface area (Å²) in [5.74, 6) is 0. The highest BCUT2D eigenvalue weighted by Crippen LogP contribution is 2.27. The minimum absolute atomic E-state index is 0.231. The van der Waals surface area contributed by atoms with E-state index in [-0.39, 0.29) is 5.63 Å². The Morgan fingerprint density at radius 1 is 1.00 bits per heavy atom. The predicted molar refractivity (Wildman–Crippen MR) is 84.3 cm³/mol. The number of rotatable bonds is 2. The van der Waals surface area contributed by atoms with E-state index in [0.717, 1.165) is 62.2 Å². The summed E-state index contributed by atoms with van der Waals surface area (Å²) in [6.07, 6.45) is 4.75. The van der Waals surface area contributed by atoms with Gasteiger partial charge in [-0.05, 0) is 48.9 Å². The molecular formula is C18H22NO3+. The highest BCUT2D eigenvalue weighted by atomic mass is 16.5. The van der Waals surface area contributed by atoms with E-state index in [4.69, 9.17) is 9.15 Å². The summed E-state index contributed by atoms with van der Waals surface area (Å²) in [5, 5.41) is 1.12. The number of fused-ring (bicyclic) bond motifs is 2. The van der Waals surface area contributed by atoms with E-state index in [0.29, 0.717) is 0 Å². The van der Waals surface area contributed by atoms with Crippen molar-refractivity contribution in [1.29, 1.82) is 0 Å². The fourth-order valence-electron chi connectivity index (χ4n) is 3.71. The number of ether oxygens (including phenoxy) is 1. The molecule has 0 atom stereocenters. The van der Waals surface area contributed by atoms with E-state index in [1.54, 1.807) is 6.07 Å². The lowest BCUT2D eigenvalue weighted by Crippen LogP contribution is -3.12. The average molecular weight is 300 g/mol. The van der Waals surface area contributed by atoms with Gasteiger partial charge in [-0.25, -0.2) is 4.79 Å². The molecule has 2 heterocycles. The molecule has 0 spiro atoms. The largest absolute Gasteiger partial charge is 0.423 e. The van der Waals surface area contributed by atoms with Gasteiger partial charge in [0.2, 0.25) is 0 Å². The first-order chi connectivity index (χ1) is 10.8. The maximum absolute atomic E-state index is 11.9. The van der Waals surface area contributed by atoms with Crippen LogP contribution in [0.4, 0.5) is 0 Å². The number of benzene rings is 1. The van der Waals surface area contributed by atoms with Gasteiger partial charge in [-0.3, -0.25) is 0 Å². The Labute approximate surface area is 129 Å². The number of aryl methyl sites for hydroxylation is 2. The monoisotopic (exact) mass is 300 g/mol. The molecule has 22 heavy (non-hydrogen) atoms. The summed E-state index contributed by atoms with van der Waals surface area (Å²) in [6, 6.07) is 6.05. The number of hydrogen-bond acceptors (Lipinski definition) is 3. The second-order valence-electron chi connectivity index (χ2n) is 6.45. The van der Waals surface area contributed by atoms with Crippen LogP contribution in [0.5, 0.6) is 0 Å². The molecule has 1 aliphatic carbocycles. The molecule has 4 heteroatoms. The van der Waals surface area contributed by atoms with Crippen LogP contribution >= 0.6 is 0 Å². The van der Waals surface area contributed by atoms with Gasteiger partial charge in [0.05, 0.1) is 13.2 Å². The molecule has 0 amide bonds. The van der Waals surface area contributed by atoms with Crippen LogP contribution in [-0.4, -0.2) is 26.3 Å². The van der Waals surface area contributed by atoms with Crippen molar-refractivity contribution in [3.8, 4) is 0 Å². The first kappa shape index (κ1) is 14.0. The molecule has 2 aromatic rings. The molecule has 116 valence electrons. The summed E-state index contributed by atoms with van der Waals surface area (Å²) in [4.78, 5) is 13.4. The molecule has 4 nitrogen and oxygen atoms in total. The number of morpholine rings is 1. The highest BCUT2D eigenvalue weighted by molar-refractivity contribution is 5.82. The van der Waals surface area contributed by atoms with Crippen molar-refractivity contribution in [1.82, 2.24) is 0 Å². The van der Waals surface area contributed by atoms with Gasteiger partial charge in [-0.15, -0.1) is 0 Å². The standard InChI is InChI=1S/C18H21NO3/c20-18-11-15(12-19-5-7-21-8-6-19)16-9-13-3-1-2-4-14(13)10-17(16)22-18/h9-11H,1-8,12H2/p+1. The Morgan fingerprint density at radius 3 is 2.50 bits per heavy atom. The SMILES string of the molecule is O=c1cc(C[NH+]2CCOCC2)c2cc3c(cc2o1)CCCC3. The summed E-state index contributed by atoms with van der Waals surface area (Å²) in [7, 11) is 0. The van der Waals surface area contributed by atoms with E-state index in [2.05, 4.69) is 12.1 Å². The number of hydrogen-bond donors (Lipinski definition) is 1. The molecule has 1 fully saturated rings. The first-order valence-electron chi connectivity index (χ1n) is 8.29. The summed E-state index contributed by atoms with van der Waals surface area (Å²) in [6.45, 7) is 4.51. The van der Waals surface area contributed by atoms with Gasteiger partial charge in [0, 0.05) is 17.0 Å². The molecule has 0 bridgehead atoms. The van der Waals surface area contributed by atoms with Crippen LogP contribution in [0.3, 0.4) is 0 Å². The Balaban J connectivity index is 1.77. The summed E-state index contributed by atoms with van der Waals surface area (Å²) < 4.78 is 10.9. The van der Waals surface area contributed by atoms with E-state index < -0.39 is 0 Å². The lowest BCUT2D eigenvalue weighted by atomic mass is 9.90. The third-order valence-corrected chi connectivity index (χ3v) is 4.93. The topological polar surface area (TPSA) is 43.9 Å². The maximum Gasteiger partial charge on any atom is 0.336 e. The molecule has 0 saturated carbocycles. The highest BCUT2D eigenvalue weighted by Gasteiger charge is 2.19. The third kappa shape index (κ3) is 2.69. The minimum Gasteiger partial charge on any atom is -0.423 e. The summed E-state index contributed by atoms with van der Waals surface area (Å²) >= 11 is 0. The zero-order valence-electron chi connectivity index (χ0n) is 12.8. The molecule has 2 aliphatic rings. The van der Waals surface area contributed by atoms with E-state index >= 15 is 0 Å². The molecule has 1 saturated heterocycles. The van der Waals surface area contributed by atoms with E-state index in [1.165, 1.54) is 28.9 Å². The molecule has 1 N–H and O–H groups in total. The second kappa shape index (κ2) is 5.86. The van der Waals surface area contributed by atoms with E-state index in [1.807, 2.05) is 0 Å². The van der Waals surface area contributed by atoms with E-state index in [9.17, 15) is 4.79 Å². The average Bonchev–Trinajstić information content (AvgIpc) is 2.54. The molecule has 0 unspecified atom stereocenters. The Hall–Kier alpha value is -1.65. The molecule has 1 aliphatic heterocycles. The lowest BCUT2D eigenvalue weighted by Gasteiger charge is -2.24. The van der Waals surface area contributed by atoms with Crippen molar-refractivity contribution >= 4 is 11.0 Å². The fourth-order valence-corrected chi connectivity index (χ4v) is 3.71. The van der Waals surface area contributed by atoms with Crippen LogP contribution in [0.25, 0.3) is 11.0 Å². The Bertz CT molecular complexity index is 744. The maximum atomic E-state index is 11.9. The molecule has 0 radical (unpaired) electrons. The van der Waals surface area contributed by atoms with Crippen molar-refractivity contribution in [2.75, 3.05) is 26.3 Å². The van der Waals surface area contributed by atoms with Crippen molar-refractivity contribution in [2.45, 2.75) is 32.2 Å². The first-order valence-corrected chi connectivity index (χ1v) is 8.29. The van der Waals surface area contributed by atoms with Gasteiger partial charge in [-0.2, -0.15) is 0 Å². The van der Waals surface area contributed by atoms with Crippen LogP contribution in [0, 0.1) is 0 Å². The second-order valence-corrected chi connectivity index (χ2v) is 6.45. The normalized spacial score (nSPS) is 19.3. The van der Waals surface area contributed by atoms with Crippen LogP contribution in [0.2, 0.25) is 0 Å². The lowest BCUT2D eigenvalue weighted by molar-refractivity contribution is -0.921. The zero-order valence-corrected chi connectivity index (χ0v) is 12.8. The fraction of sp³-hybridized carbons (Fsp3) is 0.500. The Morgan fingerprint density at radius 2 is 1.73 bits per heavy atom. The quantitative estimate of drug-likeness (QED) is 0.844. The van der Waals surface area contributed by atoms with Crippen LogP contribution in [0.1, 0.15) is 29.5 Å². The Kier molecular flexibility index (Phi) is 3.72. The van der Waals surface area contributed by atoms with Crippen LogP contribution in [-0.2, 0) is 24.1 Å². The molecular weight excluding hydrogens is 278 g/mol. The molecule has 1 aromatic heterocycles. The number of quaternary nitrogens is 1. The molecule has 1 aromatic carbocycles. The number of nitrogens with one attached hydrogen (secondary N) is 1. The van der Waals surface area contributed by atoms with Gasteiger partial charge in [-0.1, -0.05) is 0 Å². The van der Waals surface area contributed by atoms with Crippen LogP contribution in [0.15, 0.2) is 27.4 Å². The van der Waals surface area contributed by atoms with Gasteiger partial charge in [0.15, 0.2) is 0 Å². The third-order valence-electron chi connectivity index (χ3n) is 4.93. The van der Waals surface area contributed by atoms with Crippen molar-refractivity contribution in [2.24, 2.45) is 0 Å². The molecule has 4 rings (SSSR count). The smallest absolute Gasteiger partial charge is 0.336 e. The zero-order chi connectivity index (χ0) is 14.9. The van der Waals surface area contributed by atoms with Crippen molar-refractivity contribution in [3.63, 3.8) is 0 Å². The van der Waals surface area contributed by atoms with Gasteiger partial charge in [0.1, 0.15) is 25.2 Å².